The molecule has 0 bridgehead atoms. The fraction of sp³-hybridized carbons (Fsp3) is 0.0952. The maximum Gasteiger partial charge on any atom is 0.325 e. The first-order chi connectivity index (χ1) is 13.6. The normalized spacial score (nSPS) is 15.3. The van der Waals surface area contributed by atoms with E-state index in [0.29, 0.717) is 11.3 Å². The van der Waals surface area contributed by atoms with Gasteiger partial charge in [-0.1, -0.05) is 36.4 Å². The third-order valence-electron chi connectivity index (χ3n) is 4.55. The number of anilines is 1. The molecule has 0 unspecified atom stereocenters. The van der Waals surface area contributed by atoms with Gasteiger partial charge in [0.15, 0.2) is 0 Å². The van der Waals surface area contributed by atoms with Gasteiger partial charge in [-0.2, -0.15) is 0 Å². The number of ether oxygens (including phenoxy) is 1. The number of hydrogen-bond donors (Lipinski definition) is 1. The van der Waals surface area contributed by atoms with E-state index >= 15 is 0 Å². The van der Waals surface area contributed by atoms with E-state index in [9.17, 15) is 14.4 Å². The molecule has 0 spiro atoms. The summed E-state index contributed by atoms with van der Waals surface area (Å²) in [5, 5.41) is 2.06. The van der Waals surface area contributed by atoms with Gasteiger partial charge in [0.1, 0.15) is 12.1 Å². The zero-order chi connectivity index (χ0) is 19.7. The van der Waals surface area contributed by atoms with E-state index < -0.39 is 11.8 Å². The molecule has 0 atom stereocenters. The van der Waals surface area contributed by atoms with Crippen LogP contribution in [0, 0.1) is 0 Å². The topological polar surface area (TPSA) is 80.6 Å². The molecule has 3 aromatic rings. The number of amides is 2. The zero-order valence-electron chi connectivity index (χ0n) is 15.1. The number of carbonyl (C=O) groups excluding carboxylic acids is 3. The Kier molecular flexibility index (Phi) is 4.41. The standard InChI is InChI=1S/C21H17N3O4/c1-28-19(25)13-23-12-14(16-9-5-6-10-18(16)23)11-17-20(26)22-24(21(17)27)15-7-3-2-4-8-15/h2-12H,13H2,1H3,(H,22,26). The van der Waals surface area contributed by atoms with Gasteiger partial charge in [-0.15, -0.1) is 0 Å². The Hall–Kier alpha value is -3.87. The highest BCUT2D eigenvalue weighted by molar-refractivity contribution is 6.32. The van der Waals surface area contributed by atoms with E-state index in [-0.39, 0.29) is 18.1 Å². The van der Waals surface area contributed by atoms with E-state index in [1.165, 1.54) is 12.1 Å². The molecule has 28 heavy (non-hydrogen) atoms. The number of para-hydroxylation sites is 2. The smallest absolute Gasteiger partial charge is 0.325 e. The summed E-state index contributed by atoms with van der Waals surface area (Å²) in [6, 6.07) is 16.4. The molecule has 7 nitrogen and oxygen atoms in total. The van der Waals surface area contributed by atoms with Crippen molar-refractivity contribution in [2.45, 2.75) is 6.54 Å². The van der Waals surface area contributed by atoms with Crippen molar-refractivity contribution in [3.63, 3.8) is 0 Å². The monoisotopic (exact) mass is 375 g/mol. The molecule has 2 heterocycles. The van der Waals surface area contributed by atoms with Crippen molar-refractivity contribution in [1.29, 1.82) is 0 Å². The van der Waals surface area contributed by atoms with Crippen LogP contribution >= 0.6 is 0 Å². The average molecular weight is 375 g/mol. The van der Waals surface area contributed by atoms with Crippen LogP contribution in [0.4, 0.5) is 5.69 Å². The van der Waals surface area contributed by atoms with Crippen LogP contribution in [0.1, 0.15) is 5.56 Å². The summed E-state index contributed by atoms with van der Waals surface area (Å²) in [5.41, 5.74) is 4.68. The average Bonchev–Trinajstić information content (AvgIpc) is 3.21. The van der Waals surface area contributed by atoms with Gasteiger partial charge in [-0.05, 0) is 24.3 Å². The van der Waals surface area contributed by atoms with Crippen LogP contribution in [0.3, 0.4) is 0 Å². The van der Waals surface area contributed by atoms with Gasteiger partial charge < -0.3 is 9.30 Å². The molecule has 140 valence electrons. The van der Waals surface area contributed by atoms with Crippen LogP contribution in [-0.4, -0.2) is 29.5 Å². The summed E-state index contributed by atoms with van der Waals surface area (Å²) in [7, 11) is 1.33. The van der Waals surface area contributed by atoms with Crippen LogP contribution < -0.4 is 10.4 Å². The number of fused-ring (bicyclic) bond motifs is 1. The van der Waals surface area contributed by atoms with Gasteiger partial charge >= 0.3 is 5.97 Å². The predicted octanol–water partition coefficient (Wildman–Crippen LogP) is 2.28. The molecule has 1 saturated heterocycles. The summed E-state index contributed by atoms with van der Waals surface area (Å²) in [4.78, 5) is 36.9. The van der Waals surface area contributed by atoms with Crippen molar-refractivity contribution >= 4 is 40.4 Å². The minimum absolute atomic E-state index is 0.0322. The summed E-state index contributed by atoms with van der Waals surface area (Å²) in [5.74, 6) is -1.29. The van der Waals surface area contributed by atoms with Crippen molar-refractivity contribution in [2.75, 3.05) is 12.1 Å². The Labute approximate surface area is 160 Å². The van der Waals surface area contributed by atoms with Gasteiger partial charge in [0.05, 0.1) is 12.8 Å². The van der Waals surface area contributed by atoms with Crippen molar-refractivity contribution in [3.05, 3.63) is 71.9 Å². The van der Waals surface area contributed by atoms with Crippen LogP contribution in [0.2, 0.25) is 0 Å². The van der Waals surface area contributed by atoms with E-state index in [2.05, 4.69) is 5.43 Å². The lowest BCUT2D eigenvalue weighted by Gasteiger charge is -2.13. The second-order valence-electron chi connectivity index (χ2n) is 6.28. The number of hydrogen-bond acceptors (Lipinski definition) is 4. The number of methoxy groups -OCH3 is 1. The SMILES string of the molecule is COC(=O)Cn1cc(C=C2C(=O)NN(c3ccccc3)C2=O)c2ccccc21. The summed E-state index contributed by atoms with van der Waals surface area (Å²) in [6.07, 6.45) is 3.29. The molecule has 2 amide bonds. The van der Waals surface area contributed by atoms with Crippen LogP contribution in [-0.2, 0) is 25.7 Å². The first-order valence-electron chi connectivity index (χ1n) is 8.65. The number of benzene rings is 2. The second kappa shape index (κ2) is 7.03. The minimum atomic E-state index is -0.473. The van der Waals surface area contributed by atoms with Gasteiger partial charge in [-0.25, -0.2) is 5.01 Å². The Morgan fingerprint density at radius 3 is 2.54 bits per heavy atom. The Bertz CT molecular complexity index is 1120. The molecule has 1 aliphatic rings. The third-order valence-corrected chi connectivity index (χ3v) is 4.55. The fourth-order valence-electron chi connectivity index (χ4n) is 3.20. The molecular formula is C21H17N3O4. The van der Waals surface area contributed by atoms with Crippen molar-refractivity contribution in [3.8, 4) is 0 Å². The molecule has 1 N–H and O–H groups in total. The van der Waals surface area contributed by atoms with Crippen LogP contribution in [0.25, 0.3) is 17.0 Å². The third kappa shape index (κ3) is 3.03. The highest BCUT2D eigenvalue weighted by Crippen LogP contribution is 2.26. The molecule has 2 aromatic carbocycles. The maximum absolute atomic E-state index is 12.8. The van der Waals surface area contributed by atoms with Crippen LogP contribution in [0.5, 0.6) is 0 Å². The van der Waals surface area contributed by atoms with Crippen molar-refractivity contribution in [2.24, 2.45) is 0 Å². The van der Waals surface area contributed by atoms with Gasteiger partial charge in [-0.3, -0.25) is 19.8 Å². The highest BCUT2D eigenvalue weighted by Gasteiger charge is 2.34. The van der Waals surface area contributed by atoms with Crippen molar-refractivity contribution in [1.82, 2.24) is 9.99 Å². The van der Waals surface area contributed by atoms with E-state index in [1.54, 1.807) is 41.1 Å². The van der Waals surface area contributed by atoms with E-state index in [1.807, 2.05) is 30.3 Å². The summed E-state index contributed by atoms with van der Waals surface area (Å²) in [6.45, 7) is 0.0382. The molecule has 1 aromatic heterocycles. The molecule has 4 rings (SSSR count). The number of nitrogens with zero attached hydrogens (tertiary/aromatic N) is 2. The molecule has 0 saturated carbocycles. The Morgan fingerprint density at radius 2 is 1.79 bits per heavy atom. The zero-order valence-corrected chi connectivity index (χ0v) is 15.1. The molecule has 0 aliphatic carbocycles. The molecule has 1 aliphatic heterocycles. The lowest BCUT2D eigenvalue weighted by atomic mass is 10.1. The van der Waals surface area contributed by atoms with Gasteiger partial charge in [0, 0.05) is 22.7 Å². The highest BCUT2D eigenvalue weighted by atomic mass is 16.5. The van der Waals surface area contributed by atoms with Crippen molar-refractivity contribution < 1.29 is 19.1 Å². The maximum atomic E-state index is 12.8. The number of hydrazine groups is 1. The fourth-order valence-corrected chi connectivity index (χ4v) is 3.20. The lowest BCUT2D eigenvalue weighted by Crippen LogP contribution is -2.35. The summed E-state index contributed by atoms with van der Waals surface area (Å²) < 4.78 is 6.48. The second-order valence-corrected chi connectivity index (χ2v) is 6.28. The quantitative estimate of drug-likeness (QED) is 0.431. The van der Waals surface area contributed by atoms with Gasteiger partial charge in [0.2, 0.25) is 0 Å². The van der Waals surface area contributed by atoms with Gasteiger partial charge in [0.25, 0.3) is 11.8 Å². The number of nitrogens with one attached hydrogen (secondary N) is 1. The number of carbonyl (C=O) groups is 3. The number of aromatic nitrogens is 1. The number of esters is 1. The predicted molar refractivity (Wildman–Crippen MR) is 104 cm³/mol. The van der Waals surface area contributed by atoms with Crippen LogP contribution in [0.15, 0.2) is 66.4 Å². The minimum Gasteiger partial charge on any atom is -0.468 e. The lowest BCUT2D eigenvalue weighted by molar-refractivity contribution is -0.141. The number of rotatable bonds is 4. The molecule has 0 radical (unpaired) electrons. The summed E-state index contributed by atoms with van der Waals surface area (Å²) >= 11 is 0. The Morgan fingerprint density at radius 1 is 1.07 bits per heavy atom. The Balaban J connectivity index is 1.74. The molecule has 1 fully saturated rings. The first kappa shape index (κ1) is 17.5. The first-order valence-corrected chi connectivity index (χ1v) is 8.65. The van der Waals surface area contributed by atoms with E-state index in [0.717, 1.165) is 10.9 Å². The molecule has 7 heteroatoms. The molecular weight excluding hydrogens is 358 g/mol. The largest absolute Gasteiger partial charge is 0.468 e. The van der Waals surface area contributed by atoms with E-state index in [4.69, 9.17) is 4.74 Å².